The number of ether oxygens (including phenoxy) is 3. The predicted molar refractivity (Wildman–Crippen MR) is 91.0 cm³/mol. The van der Waals surface area contributed by atoms with Crippen molar-refractivity contribution in [3.63, 3.8) is 0 Å². The van der Waals surface area contributed by atoms with Crippen LogP contribution in [-0.2, 0) is 19.1 Å². The Balaban J connectivity index is 2.36. The molecule has 0 saturated heterocycles. The van der Waals surface area contributed by atoms with E-state index in [9.17, 15) is 9.59 Å². The molecule has 0 saturated carbocycles. The Morgan fingerprint density at radius 2 is 1.46 bits per heavy atom. The number of aryl methyl sites for hydroxylation is 1. The maximum absolute atomic E-state index is 12.2. The van der Waals surface area contributed by atoms with Gasteiger partial charge in [-0.2, -0.15) is 0 Å². The van der Waals surface area contributed by atoms with Crippen molar-refractivity contribution in [2.24, 2.45) is 0 Å². The van der Waals surface area contributed by atoms with Crippen LogP contribution in [0.3, 0.4) is 0 Å². The van der Waals surface area contributed by atoms with Gasteiger partial charge in [0.1, 0.15) is 5.75 Å². The van der Waals surface area contributed by atoms with Crippen LogP contribution in [0.4, 0.5) is 0 Å². The van der Waals surface area contributed by atoms with E-state index < -0.39 is 17.5 Å². The van der Waals surface area contributed by atoms with E-state index in [1.165, 1.54) is 6.92 Å². The maximum Gasteiger partial charge on any atom is 0.362 e. The third-order valence-electron chi connectivity index (χ3n) is 3.62. The number of benzene rings is 2. The molecule has 0 fully saturated rings. The van der Waals surface area contributed by atoms with Crippen LogP contribution in [-0.4, -0.2) is 30.8 Å². The van der Waals surface area contributed by atoms with E-state index in [-0.39, 0.29) is 13.2 Å². The number of carbonyl (C=O) groups is 2. The predicted octanol–water partition coefficient (Wildman–Crippen LogP) is 3.41. The molecule has 0 heterocycles. The van der Waals surface area contributed by atoms with E-state index in [4.69, 9.17) is 14.2 Å². The van der Waals surface area contributed by atoms with E-state index in [1.54, 1.807) is 26.0 Å². The highest BCUT2D eigenvalue weighted by Crippen LogP contribution is 2.26. The van der Waals surface area contributed by atoms with Crippen molar-refractivity contribution in [1.82, 2.24) is 0 Å². The first kappa shape index (κ1) is 17.8. The zero-order valence-corrected chi connectivity index (χ0v) is 14.4. The molecule has 0 aromatic heterocycles. The van der Waals surface area contributed by atoms with Crippen molar-refractivity contribution in [2.45, 2.75) is 33.3 Å². The summed E-state index contributed by atoms with van der Waals surface area (Å²) < 4.78 is 15.7. The first-order valence-corrected chi connectivity index (χ1v) is 7.94. The summed E-state index contributed by atoms with van der Waals surface area (Å²) in [6.07, 6.45) is 0. The van der Waals surface area contributed by atoms with Crippen molar-refractivity contribution < 1.29 is 23.8 Å². The normalized spacial score (nSPS) is 11.2. The molecule has 24 heavy (non-hydrogen) atoms. The third kappa shape index (κ3) is 3.67. The van der Waals surface area contributed by atoms with Crippen molar-refractivity contribution in [2.75, 3.05) is 13.2 Å². The highest BCUT2D eigenvalue weighted by molar-refractivity contribution is 6.03. The molecular weight excluding hydrogens is 308 g/mol. The first-order valence-electron chi connectivity index (χ1n) is 7.94. The average Bonchev–Trinajstić information content (AvgIpc) is 2.55. The van der Waals surface area contributed by atoms with Gasteiger partial charge in [-0.25, -0.2) is 9.59 Å². The number of carbonyl (C=O) groups excluding carboxylic acids is 2. The van der Waals surface area contributed by atoms with Gasteiger partial charge in [-0.3, -0.25) is 0 Å². The molecule has 5 heteroatoms. The highest BCUT2D eigenvalue weighted by atomic mass is 16.6. The fourth-order valence-electron chi connectivity index (χ4n) is 2.35. The summed E-state index contributed by atoms with van der Waals surface area (Å²) in [5.74, 6) is -1.14. The quantitative estimate of drug-likeness (QED) is 0.600. The Morgan fingerprint density at radius 3 is 2.04 bits per heavy atom. The topological polar surface area (TPSA) is 61.8 Å². The van der Waals surface area contributed by atoms with Gasteiger partial charge >= 0.3 is 11.9 Å². The Bertz CT molecular complexity index is 733. The molecular formula is C19H22O5. The lowest BCUT2D eigenvalue weighted by atomic mass is 10.1. The lowest BCUT2D eigenvalue weighted by Gasteiger charge is -2.26. The minimum Gasteiger partial charge on any atom is -0.464 e. The summed E-state index contributed by atoms with van der Waals surface area (Å²) in [5.41, 5.74) is -0.691. The fourth-order valence-corrected chi connectivity index (χ4v) is 2.35. The highest BCUT2D eigenvalue weighted by Gasteiger charge is 2.47. The molecule has 0 aliphatic heterocycles. The van der Waals surface area contributed by atoms with Crippen LogP contribution in [0.2, 0.25) is 0 Å². The van der Waals surface area contributed by atoms with Crippen LogP contribution in [0.1, 0.15) is 26.3 Å². The summed E-state index contributed by atoms with van der Waals surface area (Å²) >= 11 is 0. The maximum atomic E-state index is 12.2. The van der Waals surface area contributed by atoms with Crippen LogP contribution in [0, 0.1) is 6.92 Å². The molecule has 0 N–H and O–H groups in total. The second-order valence-corrected chi connectivity index (χ2v) is 5.59. The van der Waals surface area contributed by atoms with Gasteiger partial charge in [0.15, 0.2) is 0 Å². The molecule has 0 bridgehead atoms. The van der Waals surface area contributed by atoms with Crippen LogP contribution >= 0.6 is 0 Å². The summed E-state index contributed by atoms with van der Waals surface area (Å²) in [4.78, 5) is 24.5. The number of esters is 2. The Labute approximate surface area is 141 Å². The molecule has 0 aliphatic rings. The molecule has 0 aliphatic carbocycles. The fraction of sp³-hybridized carbons (Fsp3) is 0.368. The molecule has 2 aromatic rings. The molecule has 5 nitrogen and oxygen atoms in total. The van der Waals surface area contributed by atoms with E-state index >= 15 is 0 Å². The molecule has 2 rings (SSSR count). The second kappa shape index (κ2) is 7.34. The van der Waals surface area contributed by atoms with E-state index in [0.717, 1.165) is 16.3 Å². The zero-order valence-electron chi connectivity index (χ0n) is 14.4. The van der Waals surface area contributed by atoms with Crippen molar-refractivity contribution in [3.05, 3.63) is 42.0 Å². The molecule has 0 spiro atoms. The molecule has 0 radical (unpaired) electrons. The Hall–Kier alpha value is -2.56. The smallest absolute Gasteiger partial charge is 0.362 e. The van der Waals surface area contributed by atoms with Crippen LogP contribution in [0.15, 0.2) is 36.4 Å². The van der Waals surface area contributed by atoms with Gasteiger partial charge < -0.3 is 14.2 Å². The first-order chi connectivity index (χ1) is 11.4. The van der Waals surface area contributed by atoms with Crippen LogP contribution in [0.25, 0.3) is 10.8 Å². The monoisotopic (exact) mass is 330 g/mol. The SMILES string of the molecule is CCOC(=O)C(C)(Oc1ccc2cc(C)ccc2c1)C(=O)OCC. The summed E-state index contributed by atoms with van der Waals surface area (Å²) in [7, 11) is 0. The van der Waals surface area contributed by atoms with Crippen molar-refractivity contribution in [3.8, 4) is 5.75 Å². The van der Waals surface area contributed by atoms with E-state index in [0.29, 0.717) is 5.75 Å². The van der Waals surface area contributed by atoms with Crippen molar-refractivity contribution in [1.29, 1.82) is 0 Å². The zero-order chi connectivity index (χ0) is 17.7. The molecule has 0 atom stereocenters. The van der Waals surface area contributed by atoms with Gasteiger partial charge in [-0.05, 0) is 50.6 Å². The number of rotatable bonds is 6. The van der Waals surface area contributed by atoms with Crippen LogP contribution < -0.4 is 4.74 Å². The van der Waals surface area contributed by atoms with Gasteiger partial charge in [0.2, 0.25) is 0 Å². The number of fused-ring (bicyclic) bond motifs is 1. The second-order valence-electron chi connectivity index (χ2n) is 5.59. The van der Waals surface area contributed by atoms with Gasteiger partial charge in [-0.1, -0.05) is 29.8 Å². The van der Waals surface area contributed by atoms with E-state index in [2.05, 4.69) is 6.07 Å². The number of hydrogen-bond acceptors (Lipinski definition) is 5. The summed E-state index contributed by atoms with van der Waals surface area (Å²) in [6.45, 7) is 7.01. The van der Waals surface area contributed by atoms with Crippen LogP contribution in [0.5, 0.6) is 5.75 Å². The molecule has 2 aromatic carbocycles. The van der Waals surface area contributed by atoms with E-state index in [1.807, 2.05) is 25.1 Å². The van der Waals surface area contributed by atoms with Crippen molar-refractivity contribution >= 4 is 22.7 Å². The minimum atomic E-state index is -1.84. The Morgan fingerprint density at radius 1 is 0.917 bits per heavy atom. The average molecular weight is 330 g/mol. The van der Waals surface area contributed by atoms with Gasteiger partial charge in [-0.15, -0.1) is 0 Å². The molecule has 0 unspecified atom stereocenters. The van der Waals surface area contributed by atoms with Gasteiger partial charge in [0.25, 0.3) is 5.60 Å². The standard InChI is InChI=1S/C19H22O5/c1-5-22-17(20)19(4,18(21)23-6-2)24-16-10-9-14-11-13(3)7-8-15(14)12-16/h7-12H,5-6H2,1-4H3. The largest absolute Gasteiger partial charge is 0.464 e. The van der Waals surface area contributed by atoms with Gasteiger partial charge in [0, 0.05) is 0 Å². The summed E-state index contributed by atoms with van der Waals surface area (Å²) in [5, 5.41) is 2.00. The number of hydrogen-bond donors (Lipinski definition) is 0. The minimum absolute atomic E-state index is 0.147. The molecule has 128 valence electrons. The summed E-state index contributed by atoms with van der Waals surface area (Å²) in [6, 6.07) is 11.4. The molecule has 0 amide bonds. The third-order valence-corrected chi connectivity index (χ3v) is 3.62. The lowest BCUT2D eigenvalue weighted by Crippen LogP contribution is -2.51. The Kier molecular flexibility index (Phi) is 5.44. The van der Waals surface area contributed by atoms with Gasteiger partial charge in [0.05, 0.1) is 13.2 Å². The lowest BCUT2D eigenvalue weighted by molar-refractivity contribution is -0.177.